The van der Waals surface area contributed by atoms with Crippen molar-refractivity contribution < 1.29 is 4.79 Å². The summed E-state index contributed by atoms with van der Waals surface area (Å²) in [6.07, 6.45) is 3.94. The first kappa shape index (κ1) is 16.1. The van der Waals surface area contributed by atoms with E-state index in [4.69, 9.17) is 17.3 Å². The summed E-state index contributed by atoms with van der Waals surface area (Å²) in [6, 6.07) is 5.10. The molecule has 0 bridgehead atoms. The predicted octanol–water partition coefficient (Wildman–Crippen LogP) is 3.37. The maximum absolute atomic E-state index is 11.9. The number of nitrogens with zero attached hydrogens (tertiary/aromatic N) is 1. The van der Waals surface area contributed by atoms with Crippen molar-refractivity contribution in [2.45, 2.75) is 32.6 Å². The molecule has 116 valence electrons. The van der Waals surface area contributed by atoms with Gasteiger partial charge in [0.05, 0.1) is 11.4 Å². The van der Waals surface area contributed by atoms with Crippen LogP contribution in [0, 0.1) is 5.92 Å². The Morgan fingerprint density at radius 3 is 3.05 bits per heavy atom. The highest BCUT2D eigenvalue weighted by Crippen LogP contribution is 2.23. The van der Waals surface area contributed by atoms with Crippen LogP contribution >= 0.6 is 11.6 Å². The number of nitrogen functional groups attached to an aromatic ring is 1. The Labute approximate surface area is 131 Å². The number of hydrogen-bond acceptors (Lipinski definition) is 3. The molecule has 0 aliphatic carbocycles. The summed E-state index contributed by atoms with van der Waals surface area (Å²) in [5.74, 6) is 0.834. The van der Waals surface area contributed by atoms with Crippen LogP contribution in [0.1, 0.15) is 32.6 Å². The molecule has 1 amide bonds. The van der Waals surface area contributed by atoms with Crippen molar-refractivity contribution >= 4 is 28.9 Å². The summed E-state index contributed by atoms with van der Waals surface area (Å²) in [7, 11) is 0. The number of nitrogens with two attached hydrogens (primary N) is 1. The van der Waals surface area contributed by atoms with Crippen molar-refractivity contribution in [1.82, 2.24) is 4.90 Å². The molecule has 0 spiro atoms. The van der Waals surface area contributed by atoms with Gasteiger partial charge < -0.3 is 16.0 Å². The Morgan fingerprint density at radius 2 is 2.33 bits per heavy atom. The zero-order valence-corrected chi connectivity index (χ0v) is 13.3. The Hall–Kier alpha value is -1.26. The van der Waals surface area contributed by atoms with Crippen molar-refractivity contribution in [2.75, 3.05) is 30.7 Å². The number of likely N-dealkylation sites (tertiary alicyclic amines) is 1. The molecular formula is C16H24ClN3O. The highest BCUT2D eigenvalue weighted by atomic mass is 35.5. The summed E-state index contributed by atoms with van der Waals surface area (Å²) in [6.45, 7) is 5.59. The third kappa shape index (κ3) is 4.90. The van der Waals surface area contributed by atoms with Crippen LogP contribution in [0.3, 0.4) is 0 Å². The van der Waals surface area contributed by atoms with E-state index in [1.165, 1.54) is 25.9 Å². The van der Waals surface area contributed by atoms with Crippen LogP contribution in [-0.2, 0) is 4.79 Å². The molecule has 5 heteroatoms. The molecule has 1 heterocycles. The van der Waals surface area contributed by atoms with E-state index in [-0.39, 0.29) is 5.91 Å². The van der Waals surface area contributed by atoms with E-state index in [9.17, 15) is 4.79 Å². The second-order valence-electron chi connectivity index (χ2n) is 5.75. The fraction of sp³-hybridized carbons (Fsp3) is 0.562. The van der Waals surface area contributed by atoms with Gasteiger partial charge in [0, 0.05) is 18.0 Å². The normalized spacial score (nSPS) is 18.9. The van der Waals surface area contributed by atoms with Gasteiger partial charge in [-0.2, -0.15) is 0 Å². The number of anilines is 2. The Balaban J connectivity index is 1.71. The fourth-order valence-electron chi connectivity index (χ4n) is 2.76. The van der Waals surface area contributed by atoms with Crippen LogP contribution < -0.4 is 11.1 Å². The summed E-state index contributed by atoms with van der Waals surface area (Å²) >= 11 is 5.90. The van der Waals surface area contributed by atoms with Gasteiger partial charge in [0.25, 0.3) is 0 Å². The van der Waals surface area contributed by atoms with Crippen molar-refractivity contribution in [1.29, 1.82) is 0 Å². The average Bonchev–Trinajstić information content (AvgIpc) is 2.91. The summed E-state index contributed by atoms with van der Waals surface area (Å²) < 4.78 is 0. The Bertz CT molecular complexity index is 492. The number of halogens is 1. The standard InChI is InChI=1S/C16H24ClN3O/c1-2-12-7-9-20(11-12)8-3-4-16(21)19-15-10-13(17)5-6-14(15)18/h5-6,10,12H,2-4,7-9,11,18H2,1H3,(H,19,21). The van der Waals surface area contributed by atoms with Gasteiger partial charge in [-0.15, -0.1) is 0 Å². The zero-order valence-electron chi connectivity index (χ0n) is 12.6. The van der Waals surface area contributed by atoms with E-state index in [1.807, 2.05) is 0 Å². The molecule has 1 atom stereocenters. The van der Waals surface area contributed by atoms with Gasteiger partial charge in [0.1, 0.15) is 0 Å². The van der Waals surface area contributed by atoms with Crippen molar-refractivity contribution in [3.8, 4) is 0 Å². The molecule has 1 fully saturated rings. The van der Waals surface area contributed by atoms with Crippen molar-refractivity contribution in [3.63, 3.8) is 0 Å². The summed E-state index contributed by atoms with van der Waals surface area (Å²) in [5, 5.41) is 3.40. The van der Waals surface area contributed by atoms with E-state index in [2.05, 4.69) is 17.1 Å². The van der Waals surface area contributed by atoms with Crippen LogP contribution in [0.2, 0.25) is 5.02 Å². The maximum Gasteiger partial charge on any atom is 0.224 e. The number of amides is 1. The highest BCUT2D eigenvalue weighted by molar-refractivity contribution is 6.31. The molecule has 1 aromatic rings. The molecule has 3 N–H and O–H groups in total. The van der Waals surface area contributed by atoms with Crippen LogP contribution in [0.15, 0.2) is 18.2 Å². The highest BCUT2D eigenvalue weighted by Gasteiger charge is 2.20. The van der Waals surface area contributed by atoms with Crippen molar-refractivity contribution in [2.24, 2.45) is 5.92 Å². The van der Waals surface area contributed by atoms with Gasteiger partial charge in [0.15, 0.2) is 0 Å². The van der Waals surface area contributed by atoms with Crippen LogP contribution in [0.5, 0.6) is 0 Å². The molecule has 2 rings (SSSR count). The van der Waals surface area contributed by atoms with Gasteiger partial charge in [-0.05, 0) is 50.0 Å². The smallest absolute Gasteiger partial charge is 0.224 e. The van der Waals surface area contributed by atoms with Crippen LogP contribution in [0.25, 0.3) is 0 Å². The maximum atomic E-state index is 11.9. The third-order valence-electron chi connectivity index (χ3n) is 4.11. The number of nitrogens with one attached hydrogen (secondary N) is 1. The van der Waals surface area contributed by atoms with Gasteiger partial charge in [-0.3, -0.25) is 4.79 Å². The molecule has 1 unspecified atom stereocenters. The molecule has 0 aromatic heterocycles. The quantitative estimate of drug-likeness (QED) is 0.792. The number of rotatable bonds is 6. The number of benzene rings is 1. The largest absolute Gasteiger partial charge is 0.397 e. The first-order valence-corrected chi connectivity index (χ1v) is 8.03. The van der Waals surface area contributed by atoms with Gasteiger partial charge in [-0.1, -0.05) is 24.9 Å². The van der Waals surface area contributed by atoms with Gasteiger partial charge >= 0.3 is 0 Å². The molecule has 1 aliphatic heterocycles. The Morgan fingerprint density at radius 1 is 1.52 bits per heavy atom. The lowest BCUT2D eigenvalue weighted by atomic mass is 10.1. The lowest BCUT2D eigenvalue weighted by Crippen LogP contribution is -2.23. The molecular weight excluding hydrogens is 286 g/mol. The van der Waals surface area contributed by atoms with E-state index in [1.54, 1.807) is 18.2 Å². The summed E-state index contributed by atoms with van der Waals surface area (Å²) in [5.41, 5.74) is 6.95. The monoisotopic (exact) mass is 309 g/mol. The van der Waals surface area contributed by atoms with Gasteiger partial charge in [0.2, 0.25) is 5.91 Å². The molecule has 0 radical (unpaired) electrons. The number of hydrogen-bond donors (Lipinski definition) is 2. The first-order valence-electron chi connectivity index (χ1n) is 7.65. The number of carbonyl (C=O) groups is 1. The molecule has 21 heavy (non-hydrogen) atoms. The molecule has 0 saturated carbocycles. The first-order chi connectivity index (χ1) is 10.1. The minimum Gasteiger partial charge on any atom is -0.397 e. The molecule has 1 saturated heterocycles. The second-order valence-corrected chi connectivity index (χ2v) is 6.18. The van der Waals surface area contributed by atoms with E-state index in [0.717, 1.165) is 18.9 Å². The lowest BCUT2D eigenvalue weighted by molar-refractivity contribution is -0.116. The fourth-order valence-corrected chi connectivity index (χ4v) is 2.93. The van der Waals surface area contributed by atoms with E-state index in [0.29, 0.717) is 22.8 Å². The molecule has 1 aromatic carbocycles. The Kier molecular flexibility index (Phi) is 5.88. The number of carbonyl (C=O) groups excluding carboxylic acids is 1. The third-order valence-corrected chi connectivity index (χ3v) is 4.35. The molecule has 4 nitrogen and oxygen atoms in total. The van der Waals surface area contributed by atoms with E-state index >= 15 is 0 Å². The minimum atomic E-state index is -0.00444. The van der Waals surface area contributed by atoms with Crippen molar-refractivity contribution in [3.05, 3.63) is 23.2 Å². The van der Waals surface area contributed by atoms with E-state index < -0.39 is 0 Å². The van der Waals surface area contributed by atoms with Crippen LogP contribution in [0.4, 0.5) is 11.4 Å². The second kappa shape index (κ2) is 7.66. The van der Waals surface area contributed by atoms with Crippen LogP contribution in [-0.4, -0.2) is 30.4 Å². The lowest BCUT2D eigenvalue weighted by Gasteiger charge is -2.15. The summed E-state index contributed by atoms with van der Waals surface area (Å²) in [4.78, 5) is 14.4. The zero-order chi connectivity index (χ0) is 15.2. The SMILES string of the molecule is CCC1CCN(CCCC(=O)Nc2cc(Cl)ccc2N)C1. The minimum absolute atomic E-state index is 0.00444. The average molecular weight is 310 g/mol. The van der Waals surface area contributed by atoms with Gasteiger partial charge in [-0.25, -0.2) is 0 Å². The topological polar surface area (TPSA) is 58.4 Å². The predicted molar refractivity (Wildman–Crippen MR) is 88.6 cm³/mol. The molecule has 1 aliphatic rings.